The molecule has 0 saturated carbocycles. The zero-order valence-electron chi connectivity index (χ0n) is 6.32. The van der Waals surface area contributed by atoms with Crippen molar-refractivity contribution >= 4 is 11.6 Å². The Bertz CT molecular complexity index is 337. The van der Waals surface area contributed by atoms with Gasteiger partial charge in [-0.2, -0.15) is 27.1 Å². The highest BCUT2D eigenvalue weighted by Gasteiger charge is 2.59. The normalized spacial score (nSPS) is 13.0. The first kappa shape index (κ1) is 11.1. The second-order valence-corrected chi connectivity index (χ2v) is 2.73. The summed E-state index contributed by atoms with van der Waals surface area (Å²) < 4.78 is 60.6. The van der Waals surface area contributed by atoms with Gasteiger partial charge in [0.1, 0.15) is 0 Å². The molecule has 78 valence electrons. The van der Waals surface area contributed by atoms with Crippen molar-refractivity contribution in [3.05, 3.63) is 23.0 Å². The van der Waals surface area contributed by atoms with Gasteiger partial charge in [-0.3, -0.25) is 0 Å². The Morgan fingerprint density at radius 2 is 1.71 bits per heavy atom. The SMILES string of the molecule is FC(F)(F)C(F)(F)c1cnnc(Cl)c1. The standard InChI is InChI=1S/C6H2ClF5N2/c7-4-1-3(2-13-14-4)5(8,9)6(10,11)12/h1-2H. The number of aromatic nitrogens is 2. The van der Waals surface area contributed by atoms with E-state index in [4.69, 9.17) is 11.6 Å². The van der Waals surface area contributed by atoms with Crippen molar-refractivity contribution < 1.29 is 22.0 Å². The first-order valence-electron chi connectivity index (χ1n) is 3.18. The summed E-state index contributed by atoms with van der Waals surface area (Å²) in [5.74, 6) is -4.97. The van der Waals surface area contributed by atoms with Crippen LogP contribution in [0.1, 0.15) is 5.56 Å². The fourth-order valence-corrected chi connectivity index (χ4v) is 0.837. The zero-order valence-corrected chi connectivity index (χ0v) is 7.07. The number of hydrogen-bond acceptors (Lipinski definition) is 2. The van der Waals surface area contributed by atoms with Gasteiger partial charge in [-0.25, -0.2) is 0 Å². The Morgan fingerprint density at radius 1 is 1.14 bits per heavy atom. The second-order valence-electron chi connectivity index (χ2n) is 2.34. The maximum atomic E-state index is 12.6. The molecule has 0 aromatic carbocycles. The lowest BCUT2D eigenvalue weighted by molar-refractivity contribution is -0.289. The van der Waals surface area contributed by atoms with E-state index in [1.54, 1.807) is 0 Å². The highest BCUT2D eigenvalue weighted by atomic mass is 35.5. The maximum Gasteiger partial charge on any atom is 0.458 e. The molecular formula is C6H2ClF5N2. The number of hydrogen-bond donors (Lipinski definition) is 0. The Labute approximate surface area is 79.7 Å². The van der Waals surface area contributed by atoms with Crippen LogP contribution in [-0.4, -0.2) is 16.4 Å². The van der Waals surface area contributed by atoms with Crippen LogP contribution in [0.4, 0.5) is 22.0 Å². The van der Waals surface area contributed by atoms with Crippen molar-refractivity contribution in [1.29, 1.82) is 0 Å². The first-order chi connectivity index (χ1) is 6.25. The highest BCUT2D eigenvalue weighted by molar-refractivity contribution is 6.29. The van der Waals surface area contributed by atoms with Crippen LogP contribution >= 0.6 is 11.6 Å². The van der Waals surface area contributed by atoms with Crippen LogP contribution in [0.2, 0.25) is 5.15 Å². The first-order valence-corrected chi connectivity index (χ1v) is 3.56. The molecule has 1 aromatic rings. The van der Waals surface area contributed by atoms with E-state index in [0.717, 1.165) is 0 Å². The van der Waals surface area contributed by atoms with E-state index in [1.807, 2.05) is 0 Å². The molecule has 0 aliphatic heterocycles. The monoisotopic (exact) mass is 232 g/mol. The summed E-state index contributed by atoms with van der Waals surface area (Å²) >= 11 is 5.13. The van der Waals surface area contributed by atoms with Gasteiger partial charge in [0.25, 0.3) is 0 Å². The van der Waals surface area contributed by atoms with Gasteiger partial charge in [0.2, 0.25) is 0 Å². The van der Waals surface area contributed by atoms with Gasteiger partial charge in [0.15, 0.2) is 5.15 Å². The summed E-state index contributed by atoms with van der Waals surface area (Å²) in [4.78, 5) is 0. The van der Waals surface area contributed by atoms with Crippen LogP contribution in [-0.2, 0) is 5.92 Å². The van der Waals surface area contributed by atoms with Crippen molar-refractivity contribution in [2.45, 2.75) is 12.1 Å². The summed E-state index contributed by atoms with van der Waals surface area (Å²) in [7, 11) is 0. The molecule has 1 aromatic heterocycles. The molecule has 0 aliphatic carbocycles. The van der Waals surface area contributed by atoms with Gasteiger partial charge in [0.05, 0.1) is 11.8 Å². The summed E-state index contributed by atoms with van der Waals surface area (Å²) in [5.41, 5.74) is -1.33. The lowest BCUT2D eigenvalue weighted by atomic mass is 10.1. The third-order valence-corrected chi connectivity index (χ3v) is 1.53. The summed E-state index contributed by atoms with van der Waals surface area (Å²) in [6.45, 7) is 0. The van der Waals surface area contributed by atoms with Crippen LogP contribution < -0.4 is 0 Å². The molecule has 0 bridgehead atoms. The molecule has 2 nitrogen and oxygen atoms in total. The average Bonchev–Trinajstić information content (AvgIpc) is 2.02. The van der Waals surface area contributed by atoms with Gasteiger partial charge in [-0.15, -0.1) is 5.10 Å². The Balaban J connectivity index is 3.16. The van der Waals surface area contributed by atoms with E-state index in [-0.39, 0.29) is 0 Å². The molecule has 0 atom stereocenters. The van der Waals surface area contributed by atoms with E-state index in [2.05, 4.69) is 10.2 Å². The number of halogens is 6. The number of nitrogens with zero attached hydrogens (tertiary/aromatic N) is 2. The zero-order chi connectivity index (χ0) is 11.0. The summed E-state index contributed by atoms with van der Waals surface area (Å²) in [6, 6.07) is 0.419. The largest absolute Gasteiger partial charge is 0.458 e. The van der Waals surface area contributed by atoms with Crippen molar-refractivity contribution in [2.24, 2.45) is 0 Å². The second kappa shape index (κ2) is 3.30. The van der Waals surface area contributed by atoms with Gasteiger partial charge in [-0.05, 0) is 6.07 Å². The lowest BCUT2D eigenvalue weighted by Gasteiger charge is -2.18. The Morgan fingerprint density at radius 3 is 2.14 bits per heavy atom. The molecule has 1 heterocycles. The lowest BCUT2D eigenvalue weighted by Crippen LogP contribution is -2.33. The molecule has 0 amide bonds. The minimum atomic E-state index is -5.67. The van der Waals surface area contributed by atoms with Gasteiger partial charge >= 0.3 is 12.1 Å². The van der Waals surface area contributed by atoms with Crippen molar-refractivity contribution in [3.63, 3.8) is 0 Å². The molecule has 14 heavy (non-hydrogen) atoms. The van der Waals surface area contributed by atoms with Gasteiger partial charge in [-0.1, -0.05) is 11.6 Å². The van der Waals surface area contributed by atoms with E-state index in [1.165, 1.54) is 0 Å². The molecule has 0 saturated heterocycles. The molecule has 0 fully saturated rings. The molecule has 0 N–H and O–H groups in total. The average molecular weight is 233 g/mol. The van der Waals surface area contributed by atoms with Crippen LogP contribution in [0.15, 0.2) is 12.3 Å². The highest BCUT2D eigenvalue weighted by Crippen LogP contribution is 2.43. The molecule has 0 spiro atoms. The number of alkyl halides is 5. The molecule has 1 rings (SSSR count). The topological polar surface area (TPSA) is 25.8 Å². The molecule has 0 radical (unpaired) electrons. The third-order valence-electron chi connectivity index (χ3n) is 1.34. The van der Waals surface area contributed by atoms with E-state index in [0.29, 0.717) is 12.3 Å². The van der Waals surface area contributed by atoms with E-state index in [9.17, 15) is 22.0 Å². The molecular weight excluding hydrogens is 231 g/mol. The fourth-order valence-electron chi connectivity index (χ4n) is 0.676. The minimum absolute atomic E-state index is 0.319. The van der Waals surface area contributed by atoms with E-state index >= 15 is 0 Å². The van der Waals surface area contributed by atoms with E-state index < -0.39 is 22.8 Å². The number of rotatable bonds is 1. The maximum absolute atomic E-state index is 12.6. The third kappa shape index (κ3) is 1.92. The smallest absolute Gasteiger partial charge is 0.191 e. The fraction of sp³-hybridized carbons (Fsp3) is 0.333. The quantitative estimate of drug-likeness (QED) is 0.696. The summed E-state index contributed by atoms with van der Waals surface area (Å²) in [6.07, 6.45) is -5.35. The van der Waals surface area contributed by atoms with Crippen LogP contribution in [0, 0.1) is 0 Å². The minimum Gasteiger partial charge on any atom is -0.191 e. The van der Waals surface area contributed by atoms with Gasteiger partial charge in [0, 0.05) is 0 Å². The predicted molar refractivity (Wildman–Crippen MR) is 37.0 cm³/mol. The summed E-state index contributed by atoms with van der Waals surface area (Å²) in [5, 5.41) is 5.43. The molecule has 0 unspecified atom stereocenters. The predicted octanol–water partition coefficient (Wildman–Crippen LogP) is 2.78. The molecule has 8 heteroatoms. The van der Waals surface area contributed by atoms with Gasteiger partial charge < -0.3 is 0 Å². The van der Waals surface area contributed by atoms with Crippen LogP contribution in [0.5, 0.6) is 0 Å². The van der Waals surface area contributed by atoms with Crippen LogP contribution in [0.25, 0.3) is 0 Å². The van der Waals surface area contributed by atoms with Crippen molar-refractivity contribution in [2.75, 3.05) is 0 Å². The van der Waals surface area contributed by atoms with Crippen molar-refractivity contribution in [1.82, 2.24) is 10.2 Å². The van der Waals surface area contributed by atoms with Crippen LogP contribution in [0.3, 0.4) is 0 Å². The molecule has 0 aliphatic rings. The van der Waals surface area contributed by atoms with Crippen molar-refractivity contribution in [3.8, 4) is 0 Å². The Kier molecular flexibility index (Phi) is 2.62. The Hall–Kier alpha value is -0.980.